The van der Waals surface area contributed by atoms with Crippen LogP contribution >= 0.6 is 0 Å². The molecule has 1 aromatic carbocycles. The number of likely N-dealkylation sites (tertiary alicyclic amines) is 1. The van der Waals surface area contributed by atoms with Gasteiger partial charge in [0.2, 0.25) is 0 Å². The van der Waals surface area contributed by atoms with E-state index in [2.05, 4.69) is 4.90 Å². The van der Waals surface area contributed by atoms with E-state index in [1.54, 1.807) is 0 Å². The first-order chi connectivity index (χ1) is 9.09. The van der Waals surface area contributed by atoms with Crippen molar-refractivity contribution < 1.29 is 14.6 Å². The third kappa shape index (κ3) is 4.40. The molecule has 0 radical (unpaired) electrons. The van der Waals surface area contributed by atoms with Gasteiger partial charge in [0.1, 0.15) is 18.1 Å². The molecule has 1 unspecified atom stereocenters. The summed E-state index contributed by atoms with van der Waals surface area (Å²) >= 11 is 0. The first kappa shape index (κ1) is 14.2. The maximum atomic E-state index is 9.87. The molecule has 106 valence electrons. The zero-order valence-electron chi connectivity index (χ0n) is 11.8. The van der Waals surface area contributed by atoms with Crippen LogP contribution in [0, 0.1) is 0 Å². The highest BCUT2D eigenvalue weighted by Crippen LogP contribution is 2.20. The van der Waals surface area contributed by atoms with Crippen molar-refractivity contribution in [3.05, 3.63) is 24.3 Å². The molecule has 1 aromatic rings. The van der Waals surface area contributed by atoms with Gasteiger partial charge in [-0.15, -0.1) is 0 Å². The number of benzene rings is 1. The standard InChI is InChI=1S/C15H23NO3/c1-3-18-13-4-6-14(7-5-13)19-11-10-16-9-8-15(2,17)12-16/h4-7,17H,3,8-12H2,1-2H3. The van der Waals surface area contributed by atoms with Gasteiger partial charge in [-0.1, -0.05) is 0 Å². The first-order valence-corrected chi connectivity index (χ1v) is 6.89. The average molecular weight is 265 g/mol. The van der Waals surface area contributed by atoms with Gasteiger partial charge in [0.05, 0.1) is 12.2 Å². The molecule has 0 aromatic heterocycles. The molecular formula is C15H23NO3. The Morgan fingerprint density at radius 3 is 2.37 bits per heavy atom. The minimum Gasteiger partial charge on any atom is -0.494 e. The molecule has 4 nitrogen and oxygen atoms in total. The Kier molecular flexibility index (Phi) is 4.66. The highest BCUT2D eigenvalue weighted by molar-refractivity contribution is 5.31. The van der Waals surface area contributed by atoms with Crippen molar-refractivity contribution in [3.8, 4) is 11.5 Å². The van der Waals surface area contributed by atoms with Gasteiger partial charge in [0.15, 0.2) is 0 Å². The van der Waals surface area contributed by atoms with Crippen LogP contribution in [0.15, 0.2) is 24.3 Å². The van der Waals surface area contributed by atoms with Crippen LogP contribution in [0.1, 0.15) is 20.3 Å². The van der Waals surface area contributed by atoms with Crippen LogP contribution in [0.3, 0.4) is 0 Å². The number of hydrogen-bond donors (Lipinski definition) is 1. The van der Waals surface area contributed by atoms with E-state index in [1.165, 1.54) is 0 Å². The second-order valence-electron chi connectivity index (χ2n) is 5.28. The predicted molar refractivity (Wildman–Crippen MR) is 74.8 cm³/mol. The van der Waals surface area contributed by atoms with Crippen LogP contribution in [-0.2, 0) is 0 Å². The van der Waals surface area contributed by atoms with E-state index in [0.717, 1.165) is 37.6 Å². The van der Waals surface area contributed by atoms with Crippen molar-refractivity contribution in [2.75, 3.05) is 32.8 Å². The van der Waals surface area contributed by atoms with Gasteiger partial charge in [0.25, 0.3) is 0 Å². The van der Waals surface area contributed by atoms with E-state index >= 15 is 0 Å². The summed E-state index contributed by atoms with van der Waals surface area (Å²) < 4.78 is 11.1. The van der Waals surface area contributed by atoms with E-state index in [9.17, 15) is 5.11 Å². The second-order valence-corrected chi connectivity index (χ2v) is 5.28. The van der Waals surface area contributed by atoms with E-state index in [4.69, 9.17) is 9.47 Å². The normalized spacial score (nSPS) is 23.5. The lowest BCUT2D eigenvalue weighted by atomic mass is 10.1. The molecule has 1 N–H and O–H groups in total. The maximum Gasteiger partial charge on any atom is 0.119 e. The molecule has 1 saturated heterocycles. The van der Waals surface area contributed by atoms with Crippen molar-refractivity contribution in [3.63, 3.8) is 0 Å². The number of aliphatic hydroxyl groups is 1. The zero-order chi connectivity index (χ0) is 13.7. The second kappa shape index (κ2) is 6.26. The molecule has 19 heavy (non-hydrogen) atoms. The molecular weight excluding hydrogens is 242 g/mol. The van der Waals surface area contributed by atoms with Crippen LogP contribution in [-0.4, -0.2) is 48.5 Å². The summed E-state index contributed by atoms with van der Waals surface area (Å²) in [6.45, 7) is 7.71. The van der Waals surface area contributed by atoms with Gasteiger partial charge in [0, 0.05) is 19.6 Å². The molecule has 2 rings (SSSR count). The number of hydrogen-bond acceptors (Lipinski definition) is 4. The quantitative estimate of drug-likeness (QED) is 0.853. The molecule has 1 atom stereocenters. The number of rotatable bonds is 6. The lowest BCUT2D eigenvalue weighted by Gasteiger charge is -2.18. The fourth-order valence-corrected chi connectivity index (χ4v) is 2.32. The Balaban J connectivity index is 1.71. The molecule has 0 bridgehead atoms. The van der Waals surface area contributed by atoms with Gasteiger partial charge >= 0.3 is 0 Å². The lowest BCUT2D eigenvalue weighted by Crippen LogP contribution is -2.32. The van der Waals surface area contributed by atoms with E-state index in [-0.39, 0.29) is 0 Å². The van der Waals surface area contributed by atoms with Crippen LogP contribution in [0.5, 0.6) is 11.5 Å². The van der Waals surface area contributed by atoms with E-state index in [0.29, 0.717) is 13.2 Å². The maximum absolute atomic E-state index is 9.87. The molecule has 0 saturated carbocycles. The summed E-state index contributed by atoms with van der Waals surface area (Å²) in [6.07, 6.45) is 0.843. The van der Waals surface area contributed by atoms with E-state index < -0.39 is 5.60 Å². The SMILES string of the molecule is CCOc1ccc(OCCN2CCC(C)(O)C2)cc1. The molecule has 0 aliphatic carbocycles. The van der Waals surface area contributed by atoms with Crippen LogP contribution in [0.2, 0.25) is 0 Å². The fourth-order valence-electron chi connectivity index (χ4n) is 2.32. The molecule has 0 spiro atoms. The van der Waals surface area contributed by atoms with Gasteiger partial charge in [-0.2, -0.15) is 0 Å². The summed E-state index contributed by atoms with van der Waals surface area (Å²) in [6, 6.07) is 7.68. The van der Waals surface area contributed by atoms with Gasteiger partial charge in [-0.25, -0.2) is 0 Å². The zero-order valence-corrected chi connectivity index (χ0v) is 11.8. The molecule has 4 heteroatoms. The van der Waals surface area contributed by atoms with Crippen molar-refractivity contribution in [1.29, 1.82) is 0 Å². The minimum absolute atomic E-state index is 0.529. The van der Waals surface area contributed by atoms with Crippen molar-refractivity contribution >= 4 is 0 Å². The minimum atomic E-state index is -0.529. The van der Waals surface area contributed by atoms with Gasteiger partial charge < -0.3 is 14.6 Å². The molecule has 1 fully saturated rings. The first-order valence-electron chi connectivity index (χ1n) is 6.89. The predicted octanol–water partition coefficient (Wildman–Crippen LogP) is 1.92. The Bertz CT molecular complexity index is 389. The smallest absolute Gasteiger partial charge is 0.119 e. The number of β-amino-alcohol motifs (C(OH)–C–C–N with tert-alkyl or cyclic N) is 1. The topological polar surface area (TPSA) is 41.9 Å². The van der Waals surface area contributed by atoms with Crippen LogP contribution < -0.4 is 9.47 Å². The highest BCUT2D eigenvalue weighted by atomic mass is 16.5. The Labute approximate surface area is 114 Å². The molecule has 0 amide bonds. The van der Waals surface area contributed by atoms with Crippen LogP contribution in [0.25, 0.3) is 0 Å². The molecule has 1 aliphatic heterocycles. The Hall–Kier alpha value is -1.26. The monoisotopic (exact) mass is 265 g/mol. The van der Waals surface area contributed by atoms with Gasteiger partial charge in [-0.05, 0) is 44.5 Å². The molecule has 1 aliphatic rings. The van der Waals surface area contributed by atoms with Crippen molar-refractivity contribution in [1.82, 2.24) is 4.90 Å². The Morgan fingerprint density at radius 1 is 1.21 bits per heavy atom. The van der Waals surface area contributed by atoms with Crippen molar-refractivity contribution in [2.45, 2.75) is 25.9 Å². The summed E-state index contributed by atoms with van der Waals surface area (Å²) in [4.78, 5) is 2.23. The van der Waals surface area contributed by atoms with Crippen LogP contribution in [0.4, 0.5) is 0 Å². The number of nitrogens with zero attached hydrogens (tertiary/aromatic N) is 1. The fraction of sp³-hybridized carbons (Fsp3) is 0.600. The largest absolute Gasteiger partial charge is 0.494 e. The average Bonchev–Trinajstić information content (AvgIpc) is 2.72. The highest BCUT2D eigenvalue weighted by Gasteiger charge is 2.30. The summed E-state index contributed by atoms with van der Waals surface area (Å²) in [7, 11) is 0. The summed E-state index contributed by atoms with van der Waals surface area (Å²) in [5.41, 5.74) is -0.529. The van der Waals surface area contributed by atoms with E-state index in [1.807, 2.05) is 38.1 Å². The van der Waals surface area contributed by atoms with Gasteiger partial charge in [-0.3, -0.25) is 4.90 Å². The molecule has 1 heterocycles. The third-order valence-corrected chi connectivity index (χ3v) is 3.34. The Morgan fingerprint density at radius 2 is 1.84 bits per heavy atom. The lowest BCUT2D eigenvalue weighted by molar-refractivity contribution is 0.0670. The summed E-state index contributed by atoms with van der Waals surface area (Å²) in [5, 5.41) is 9.87. The summed E-state index contributed by atoms with van der Waals surface area (Å²) in [5.74, 6) is 1.72. The number of ether oxygens (including phenoxy) is 2. The third-order valence-electron chi connectivity index (χ3n) is 3.34. The van der Waals surface area contributed by atoms with Crippen molar-refractivity contribution in [2.24, 2.45) is 0 Å².